The van der Waals surface area contributed by atoms with Gasteiger partial charge >= 0.3 is 0 Å². The Balaban J connectivity index is 1.87. The van der Waals surface area contributed by atoms with Crippen LogP contribution in [0.25, 0.3) is 16.7 Å². The lowest BCUT2D eigenvalue weighted by Gasteiger charge is -2.07. The number of hydrogen-bond acceptors (Lipinski definition) is 8. The number of aromatic nitrogens is 6. The van der Waals surface area contributed by atoms with Crippen LogP contribution in [0, 0.1) is 10.1 Å². The first-order chi connectivity index (χ1) is 10.1. The van der Waals surface area contributed by atoms with Crippen molar-refractivity contribution in [2.45, 2.75) is 12.1 Å². The molecular weight excluding hydrogens is 278 g/mol. The van der Waals surface area contributed by atoms with E-state index in [4.69, 9.17) is 0 Å². The van der Waals surface area contributed by atoms with Crippen molar-refractivity contribution in [1.29, 1.82) is 0 Å². The highest BCUT2D eigenvalue weighted by Gasteiger charge is 2.40. The molecule has 1 aliphatic heterocycles. The SMILES string of the molecule is Cn1ncc2c1ncn1nc(C3NNCC3[N+](=O)[O-])nc21. The number of nitrogens with one attached hydrogen (secondary N) is 2. The minimum atomic E-state index is -0.806. The largest absolute Gasteiger partial charge is 0.264 e. The Hall–Kier alpha value is -2.66. The molecule has 3 aromatic heterocycles. The molecule has 0 aliphatic carbocycles. The number of rotatable bonds is 2. The lowest BCUT2D eigenvalue weighted by atomic mass is 10.1. The van der Waals surface area contributed by atoms with Crippen LogP contribution in [0.15, 0.2) is 12.5 Å². The quantitative estimate of drug-likeness (QED) is 0.445. The van der Waals surface area contributed by atoms with Gasteiger partial charge in [-0.25, -0.2) is 25.3 Å². The molecule has 4 rings (SSSR count). The maximum absolute atomic E-state index is 11.1. The zero-order chi connectivity index (χ0) is 14.6. The standard InChI is InChI=1S/C10H11N9O2/c1-17-9-5(2-13-17)10-14-8(16-18(10)4-11-9)7-6(19(20)21)3-12-15-7/h2,4,6-7,12,15H,3H2,1H3. The lowest BCUT2D eigenvalue weighted by Crippen LogP contribution is -2.30. The summed E-state index contributed by atoms with van der Waals surface area (Å²) in [5.74, 6) is 0.361. The van der Waals surface area contributed by atoms with Crippen LogP contribution in [0.3, 0.4) is 0 Å². The van der Waals surface area contributed by atoms with Gasteiger partial charge in [-0.15, -0.1) is 5.10 Å². The number of nitrogens with zero attached hydrogens (tertiary/aromatic N) is 7. The number of hydrogen-bond donors (Lipinski definition) is 2. The summed E-state index contributed by atoms with van der Waals surface area (Å²) in [4.78, 5) is 19.4. The number of nitro groups is 1. The molecule has 1 fully saturated rings. The molecule has 2 unspecified atom stereocenters. The van der Waals surface area contributed by atoms with E-state index in [-0.39, 0.29) is 11.5 Å². The molecule has 108 valence electrons. The second-order valence-electron chi connectivity index (χ2n) is 4.84. The Morgan fingerprint density at radius 2 is 2.33 bits per heavy atom. The van der Waals surface area contributed by atoms with Crippen molar-refractivity contribution in [3.63, 3.8) is 0 Å². The zero-order valence-electron chi connectivity index (χ0n) is 11.0. The predicted octanol–water partition coefficient (Wildman–Crippen LogP) is -1.19. The molecule has 1 aliphatic rings. The van der Waals surface area contributed by atoms with Crippen molar-refractivity contribution in [3.05, 3.63) is 28.5 Å². The molecule has 3 aromatic rings. The minimum Gasteiger partial charge on any atom is -0.264 e. The van der Waals surface area contributed by atoms with Gasteiger partial charge in [0.05, 0.1) is 18.1 Å². The third kappa shape index (κ3) is 1.68. The molecule has 0 spiro atoms. The van der Waals surface area contributed by atoms with E-state index >= 15 is 0 Å². The van der Waals surface area contributed by atoms with Crippen molar-refractivity contribution in [2.24, 2.45) is 7.05 Å². The summed E-state index contributed by atoms with van der Waals surface area (Å²) in [5.41, 5.74) is 6.89. The highest BCUT2D eigenvalue weighted by molar-refractivity contribution is 5.88. The van der Waals surface area contributed by atoms with Crippen LogP contribution in [0.1, 0.15) is 11.9 Å². The molecule has 1 saturated heterocycles. The van der Waals surface area contributed by atoms with Crippen LogP contribution in [-0.4, -0.2) is 46.9 Å². The van der Waals surface area contributed by atoms with E-state index in [1.165, 1.54) is 10.8 Å². The van der Waals surface area contributed by atoms with Crippen molar-refractivity contribution < 1.29 is 4.92 Å². The minimum absolute atomic E-state index is 0.230. The number of hydrazine groups is 1. The average Bonchev–Trinajstić information content (AvgIpc) is 3.13. The molecule has 11 nitrogen and oxygen atoms in total. The molecule has 0 bridgehead atoms. The van der Waals surface area contributed by atoms with Gasteiger partial charge in [-0.05, 0) is 0 Å². The molecule has 2 N–H and O–H groups in total. The number of aryl methyl sites for hydroxylation is 1. The summed E-state index contributed by atoms with van der Waals surface area (Å²) in [6.45, 7) is 0.230. The average molecular weight is 289 g/mol. The summed E-state index contributed by atoms with van der Waals surface area (Å²) in [6, 6.07) is -1.38. The Morgan fingerprint density at radius 1 is 1.48 bits per heavy atom. The molecule has 0 radical (unpaired) electrons. The third-order valence-electron chi connectivity index (χ3n) is 3.59. The van der Waals surface area contributed by atoms with Crippen LogP contribution >= 0.6 is 0 Å². The Kier molecular flexibility index (Phi) is 2.40. The molecule has 0 saturated carbocycles. The molecule has 0 aromatic carbocycles. The highest BCUT2D eigenvalue weighted by Crippen LogP contribution is 2.21. The van der Waals surface area contributed by atoms with E-state index in [1.807, 2.05) is 0 Å². The Labute approximate surface area is 117 Å². The molecular formula is C10H11N9O2. The van der Waals surface area contributed by atoms with Crippen molar-refractivity contribution in [2.75, 3.05) is 6.54 Å². The van der Waals surface area contributed by atoms with E-state index in [1.54, 1.807) is 17.9 Å². The molecule has 11 heteroatoms. The van der Waals surface area contributed by atoms with Crippen molar-refractivity contribution >= 4 is 16.7 Å². The van der Waals surface area contributed by atoms with E-state index in [0.29, 0.717) is 17.1 Å². The first-order valence-corrected chi connectivity index (χ1v) is 6.30. The summed E-state index contributed by atoms with van der Waals surface area (Å²) in [6.07, 6.45) is 3.18. The first kappa shape index (κ1) is 12.1. The topological polar surface area (TPSA) is 128 Å². The summed E-state index contributed by atoms with van der Waals surface area (Å²) in [7, 11) is 1.79. The van der Waals surface area contributed by atoms with Gasteiger partial charge in [0.15, 0.2) is 23.2 Å². The second kappa shape index (κ2) is 4.17. The Bertz CT molecular complexity index is 853. The Morgan fingerprint density at radius 3 is 3.14 bits per heavy atom. The molecule has 0 amide bonds. The lowest BCUT2D eigenvalue weighted by molar-refractivity contribution is -0.521. The van der Waals surface area contributed by atoms with Crippen LogP contribution in [-0.2, 0) is 7.05 Å². The summed E-state index contributed by atoms with van der Waals surface area (Å²) < 4.78 is 3.15. The van der Waals surface area contributed by atoms with Gasteiger partial charge in [-0.3, -0.25) is 14.8 Å². The molecule has 4 heterocycles. The smallest absolute Gasteiger partial charge is 0.250 e. The maximum Gasteiger partial charge on any atom is 0.250 e. The fourth-order valence-electron chi connectivity index (χ4n) is 2.51. The van der Waals surface area contributed by atoms with Gasteiger partial charge in [0, 0.05) is 12.0 Å². The third-order valence-corrected chi connectivity index (χ3v) is 3.59. The molecule has 2 atom stereocenters. The highest BCUT2D eigenvalue weighted by atomic mass is 16.6. The fraction of sp³-hybridized carbons (Fsp3) is 0.400. The van der Waals surface area contributed by atoms with Gasteiger partial charge < -0.3 is 0 Å². The van der Waals surface area contributed by atoms with Gasteiger partial charge in [0.1, 0.15) is 6.33 Å². The first-order valence-electron chi connectivity index (χ1n) is 6.30. The summed E-state index contributed by atoms with van der Waals surface area (Å²) in [5, 5.41) is 20.2. The monoisotopic (exact) mass is 289 g/mol. The van der Waals surface area contributed by atoms with Crippen molar-refractivity contribution in [1.82, 2.24) is 40.2 Å². The normalized spacial score (nSPS) is 22.3. The van der Waals surface area contributed by atoms with Gasteiger partial charge in [0.2, 0.25) is 6.04 Å². The zero-order valence-corrected chi connectivity index (χ0v) is 11.0. The number of fused-ring (bicyclic) bond motifs is 3. The van der Waals surface area contributed by atoms with Gasteiger partial charge in [-0.1, -0.05) is 0 Å². The van der Waals surface area contributed by atoms with Crippen LogP contribution in [0.5, 0.6) is 0 Å². The van der Waals surface area contributed by atoms with E-state index in [2.05, 4.69) is 31.0 Å². The van der Waals surface area contributed by atoms with E-state index < -0.39 is 12.1 Å². The van der Waals surface area contributed by atoms with Gasteiger partial charge in [-0.2, -0.15) is 5.10 Å². The van der Waals surface area contributed by atoms with E-state index in [0.717, 1.165) is 5.39 Å². The van der Waals surface area contributed by atoms with Crippen molar-refractivity contribution in [3.8, 4) is 0 Å². The second-order valence-corrected chi connectivity index (χ2v) is 4.84. The maximum atomic E-state index is 11.1. The fourth-order valence-corrected chi connectivity index (χ4v) is 2.51. The van der Waals surface area contributed by atoms with Gasteiger partial charge in [0.25, 0.3) is 0 Å². The van der Waals surface area contributed by atoms with Crippen LogP contribution in [0.4, 0.5) is 0 Å². The van der Waals surface area contributed by atoms with E-state index in [9.17, 15) is 10.1 Å². The van der Waals surface area contributed by atoms with Crippen LogP contribution in [0.2, 0.25) is 0 Å². The predicted molar refractivity (Wildman–Crippen MR) is 69.7 cm³/mol. The summed E-state index contributed by atoms with van der Waals surface area (Å²) >= 11 is 0. The van der Waals surface area contributed by atoms with Crippen LogP contribution < -0.4 is 10.9 Å². The molecule has 21 heavy (non-hydrogen) atoms.